The predicted molar refractivity (Wildman–Crippen MR) is 55.9 cm³/mol. The van der Waals surface area contributed by atoms with E-state index >= 15 is 0 Å². The van der Waals surface area contributed by atoms with Gasteiger partial charge in [-0.15, -0.1) is 0 Å². The van der Waals surface area contributed by atoms with Gasteiger partial charge >= 0.3 is 0 Å². The van der Waals surface area contributed by atoms with Crippen LogP contribution < -0.4 is 5.32 Å². The molecular formula is C11H21NO. The smallest absolute Gasteiger partial charge is 0.0587 e. The van der Waals surface area contributed by atoms with E-state index < -0.39 is 0 Å². The minimum absolute atomic E-state index is 0.520. The first-order chi connectivity index (χ1) is 6.43. The van der Waals surface area contributed by atoms with E-state index in [2.05, 4.69) is 17.5 Å². The molecule has 2 heteroatoms. The highest BCUT2D eigenvalue weighted by Gasteiger charge is 2.12. The number of nitrogens with one attached hydrogen (secondary N) is 1. The molecule has 0 aromatic rings. The summed E-state index contributed by atoms with van der Waals surface area (Å²) in [7, 11) is 0. The predicted octanol–water partition coefficient (Wildman–Crippen LogP) is 2.11. The van der Waals surface area contributed by atoms with Gasteiger partial charge in [-0.25, -0.2) is 0 Å². The fourth-order valence-electron chi connectivity index (χ4n) is 1.60. The molecule has 0 amide bonds. The summed E-state index contributed by atoms with van der Waals surface area (Å²) in [6.45, 7) is 5.09. The molecule has 1 atom stereocenters. The standard InChI is InChI=1S/C11H21NO/c1-2-3-8-12-9-7-11-6-4-5-10-13-11/h2-3,11-12H,4-10H2,1H3/b3-2+. The van der Waals surface area contributed by atoms with Crippen molar-refractivity contribution < 1.29 is 4.74 Å². The van der Waals surface area contributed by atoms with Gasteiger partial charge in [0.2, 0.25) is 0 Å². The quantitative estimate of drug-likeness (QED) is 0.520. The molecule has 1 aliphatic heterocycles. The minimum atomic E-state index is 0.520. The van der Waals surface area contributed by atoms with Crippen LogP contribution in [-0.2, 0) is 4.74 Å². The van der Waals surface area contributed by atoms with Gasteiger partial charge in [0.1, 0.15) is 0 Å². The van der Waals surface area contributed by atoms with Crippen molar-refractivity contribution in [2.24, 2.45) is 0 Å². The summed E-state index contributed by atoms with van der Waals surface area (Å²) in [4.78, 5) is 0. The van der Waals surface area contributed by atoms with E-state index in [1.54, 1.807) is 0 Å². The van der Waals surface area contributed by atoms with Gasteiger partial charge in [-0.3, -0.25) is 0 Å². The maximum atomic E-state index is 5.63. The average Bonchev–Trinajstić information content (AvgIpc) is 2.19. The lowest BCUT2D eigenvalue weighted by Gasteiger charge is -2.22. The van der Waals surface area contributed by atoms with Crippen molar-refractivity contribution in [2.45, 2.75) is 38.7 Å². The second kappa shape index (κ2) is 7.10. The SMILES string of the molecule is C/C=C/CNCCC1CCCCO1. The normalized spacial score (nSPS) is 23.9. The molecular weight excluding hydrogens is 162 g/mol. The number of hydrogen-bond acceptors (Lipinski definition) is 2. The van der Waals surface area contributed by atoms with Gasteiger partial charge in [-0.2, -0.15) is 0 Å². The van der Waals surface area contributed by atoms with E-state index in [-0.39, 0.29) is 0 Å². The molecule has 1 N–H and O–H groups in total. The molecule has 1 unspecified atom stereocenters. The van der Waals surface area contributed by atoms with Crippen LogP contribution in [0.4, 0.5) is 0 Å². The molecule has 1 rings (SSSR count). The molecule has 0 radical (unpaired) electrons. The van der Waals surface area contributed by atoms with Gasteiger partial charge < -0.3 is 10.1 Å². The zero-order valence-corrected chi connectivity index (χ0v) is 8.59. The van der Waals surface area contributed by atoms with Crippen LogP contribution in [0.25, 0.3) is 0 Å². The summed E-state index contributed by atoms with van der Waals surface area (Å²) >= 11 is 0. The van der Waals surface area contributed by atoms with Gasteiger partial charge in [0.15, 0.2) is 0 Å². The van der Waals surface area contributed by atoms with Crippen molar-refractivity contribution >= 4 is 0 Å². The lowest BCUT2D eigenvalue weighted by Crippen LogP contribution is -2.25. The summed E-state index contributed by atoms with van der Waals surface area (Å²) < 4.78 is 5.63. The summed E-state index contributed by atoms with van der Waals surface area (Å²) in [5.41, 5.74) is 0. The van der Waals surface area contributed by atoms with Gasteiger partial charge in [-0.1, -0.05) is 12.2 Å². The Bertz CT molecular complexity index is 139. The largest absolute Gasteiger partial charge is 0.378 e. The summed E-state index contributed by atoms with van der Waals surface area (Å²) in [6.07, 6.45) is 9.75. The third kappa shape index (κ3) is 5.06. The third-order valence-corrected chi connectivity index (χ3v) is 2.41. The van der Waals surface area contributed by atoms with Crippen molar-refractivity contribution in [1.82, 2.24) is 5.32 Å². The van der Waals surface area contributed by atoms with E-state index in [0.29, 0.717) is 6.10 Å². The molecule has 0 aromatic carbocycles. The van der Waals surface area contributed by atoms with Crippen LogP contribution in [0.15, 0.2) is 12.2 Å². The monoisotopic (exact) mass is 183 g/mol. The highest BCUT2D eigenvalue weighted by molar-refractivity contribution is 4.79. The van der Waals surface area contributed by atoms with Crippen molar-refractivity contribution in [3.05, 3.63) is 12.2 Å². The Hall–Kier alpha value is -0.340. The molecule has 0 aromatic heterocycles. The summed E-state index contributed by atoms with van der Waals surface area (Å²) in [5.74, 6) is 0. The summed E-state index contributed by atoms with van der Waals surface area (Å²) in [6, 6.07) is 0. The summed E-state index contributed by atoms with van der Waals surface area (Å²) in [5, 5.41) is 3.37. The molecule has 0 spiro atoms. The van der Waals surface area contributed by atoms with Crippen LogP contribution in [0.1, 0.15) is 32.6 Å². The van der Waals surface area contributed by atoms with Gasteiger partial charge in [-0.05, 0) is 39.2 Å². The zero-order valence-electron chi connectivity index (χ0n) is 8.59. The number of hydrogen-bond donors (Lipinski definition) is 1. The van der Waals surface area contributed by atoms with E-state index in [1.807, 2.05) is 6.92 Å². The zero-order chi connectivity index (χ0) is 9.36. The molecule has 1 heterocycles. The fourth-order valence-corrected chi connectivity index (χ4v) is 1.60. The Balaban J connectivity index is 1.92. The van der Waals surface area contributed by atoms with Crippen LogP contribution in [0.2, 0.25) is 0 Å². The van der Waals surface area contributed by atoms with Crippen molar-refractivity contribution in [3.63, 3.8) is 0 Å². The number of allylic oxidation sites excluding steroid dienone is 1. The van der Waals surface area contributed by atoms with Crippen molar-refractivity contribution in [3.8, 4) is 0 Å². The Morgan fingerprint density at radius 1 is 1.46 bits per heavy atom. The molecule has 76 valence electrons. The Morgan fingerprint density at radius 2 is 2.38 bits per heavy atom. The van der Waals surface area contributed by atoms with E-state index in [0.717, 1.165) is 26.1 Å². The molecule has 1 aliphatic rings. The van der Waals surface area contributed by atoms with E-state index in [4.69, 9.17) is 4.74 Å². The Kier molecular flexibility index (Phi) is 5.87. The molecule has 1 fully saturated rings. The first-order valence-corrected chi connectivity index (χ1v) is 5.37. The first-order valence-electron chi connectivity index (χ1n) is 5.37. The second-order valence-electron chi connectivity index (χ2n) is 3.55. The van der Waals surface area contributed by atoms with E-state index in [9.17, 15) is 0 Å². The van der Waals surface area contributed by atoms with Crippen molar-refractivity contribution in [1.29, 1.82) is 0 Å². The molecule has 1 saturated heterocycles. The third-order valence-electron chi connectivity index (χ3n) is 2.41. The fraction of sp³-hybridized carbons (Fsp3) is 0.818. The van der Waals surface area contributed by atoms with Crippen LogP contribution in [0.5, 0.6) is 0 Å². The van der Waals surface area contributed by atoms with Gasteiger partial charge in [0, 0.05) is 13.2 Å². The van der Waals surface area contributed by atoms with Crippen LogP contribution in [0, 0.1) is 0 Å². The lowest BCUT2D eigenvalue weighted by molar-refractivity contribution is 0.0117. The Labute approximate surface area is 81.4 Å². The van der Waals surface area contributed by atoms with Gasteiger partial charge in [0.25, 0.3) is 0 Å². The number of ether oxygens (including phenoxy) is 1. The second-order valence-corrected chi connectivity index (χ2v) is 3.55. The number of rotatable bonds is 5. The van der Waals surface area contributed by atoms with Crippen molar-refractivity contribution in [2.75, 3.05) is 19.7 Å². The Morgan fingerprint density at radius 3 is 3.08 bits per heavy atom. The highest BCUT2D eigenvalue weighted by Crippen LogP contribution is 2.14. The van der Waals surface area contributed by atoms with E-state index in [1.165, 1.54) is 19.3 Å². The molecule has 0 bridgehead atoms. The molecule has 0 aliphatic carbocycles. The van der Waals surface area contributed by atoms with Crippen LogP contribution in [0.3, 0.4) is 0 Å². The maximum Gasteiger partial charge on any atom is 0.0587 e. The van der Waals surface area contributed by atoms with Crippen LogP contribution >= 0.6 is 0 Å². The molecule has 2 nitrogen and oxygen atoms in total. The van der Waals surface area contributed by atoms with Gasteiger partial charge in [0.05, 0.1) is 6.10 Å². The topological polar surface area (TPSA) is 21.3 Å². The minimum Gasteiger partial charge on any atom is -0.378 e. The lowest BCUT2D eigenvalue weighted by atomic mass is 10.1. The first kappa shape index (κ1) is 10.7. The molecule has 13 heavy (non-hydrogen) atoms. The average molecular weight is 183 g/mol. The maximum absolute atomic E-state index is 5.63. The van der Waals surface area contributed by atoms with Crippen LogP contribution in [-0.4, -0.2) is 25.8 Å². The molecule has 0 saturated carbocycles. The highest BCUT2D eigenvalue weighted by atomic mass is 16.5.